The van der Waals surface area contributed by atoms with Gasteiger partial charge in [0.15, 0.2) is 0 Å². The SMILES string of the molecule is CCCCCC[C@@H](CC)C(N)=O. The highest BCUT2D eigenvalue weighted by Gasteiger charge is 2.11. The molecule has 12 heavy (non-hydrogen) atoms. The van der Waals surface area contributed by atoms with Crippen molar-refractivity contribution in [3.8, 4) is 0 Å². The van der Waals surface area contributed by atoms with Crippen molar-refractivity contribution < 1.29 is 4.79 Å². The Kier molecular flexibility index (Phi) is 6.82. The number of amides is 1. The first-order valence-electron chi connectivity index (χ1n) is 5.01. The lowest BCUT2D eigenvalue weighted by atomic mass is 9.98. The Morgan fingerprint density at radius 3 is 2.33 bits per heavy atom. The summed E-state index contributed by atoms with van der Waals surface area (Å²) in [4.78, 5) is 10.8. The molecule has 0 spiro atoms. The maximum Gasteiger partial charge on any atom is 0.220 e. The molecule has 72 valence electrons. The van der Waals surface area contributed by atoms with Crippen molar-refractivity contribution in [1.82, 2.24) is 0 Å². The van der Waals surface area contributed by atoms with Crippen LogP contribution in [0.15, 0.2) is 0 Å². The van der Waals surface area contributed by atoms with Gasteiger partial charge >= 0.3 is 0 Å². The minimum absolute atomic E-state index is 0.113. The second kappa shape index (κ2) is 7.14. The molecule has 0 aromatic rings. The van der Waals surface area contributed by atoms with Crippen molar-refractivity contribution in [2.75, 3.05) is 0 Å². The van der Waals surface area contributed by atoms with E-state index in [9.17, 15) is 4.79 Å². The van der Waals surface area contributed by atoms with Crippen LogP contribution in [0.2, 0.25) is 0 Å². The van der Waals surface area contributed by atoms with Crippen molar-refractivity contribution in [1.29, 1.82) is 0 Å². The van der Waals surface area contributed by atoms with Crippen LogP contribution in [0.25, 0.3) is 0 Å². The average molecular weight is 171 g/mol. The Morgan fingerprint density at radius 2 is 1.92 bits per heavy atom. The van der Waals surface area contributed by atoms with Gasteiger partial charge in [-0.15, -0.1) is 0 Å². The van der Waals surface area contributed by atoms with E-state index in [4.69, 9.17) is 5.73 Å². The fourth-order valence-electron chi connectivity index (χ4n) is 1.37. The van der Waals surface area contributed by atoms with Gasteiger partial charge in [0.1, 0.15) is 0 Å². The van der Waals surface area contributed by atoms with Gasteiger partial charge in [-0.1, -0.05) is 39.5 Å². The number of rotatable bonds is 7. The molecule has 2 N–H and O–H groups in total. The quantitative estimate of drug-likeness (QED) is 0.587. The molecule has 0 aliphatic carbocycles. The zero-order chi connectivity index (χ0) is 9.40. The number of unbranched alkanes of at least 4 members (excludes halogenated alkanes) is 3. The molecule has 1 amide bonds. The number of carbonyl (C=O) groups excluding carboxylic acids is 1. The Bertz CT molecular complexity index is 123. The zero-order valence-electron chi connectivity index (χ0n) is 8.31. The van der Waals surface area contributed by atoms with E-state index >= 15 is 0 Å². The van der Waals surface area contributed by atoms with E-state index in [0.29, 0.717) is 0 Å². The lowest BCUT2D eigenvalue weighted by Crippen LogP contribution is -2.22. The Balaban J connectivity index is 3.38. The average Bonchev–Trinajstić information content (AvgIpc) is 2.04. The third-order valence-corrected chi connectivity index (χ3v) is 2.30. The summed E-state index contributed by atoms with van der Waals surface area (Å²) in [6, 6.07) is 0. The topological polar surface area (TPSA) is 43.1 Å². The second-order valence-corrected chi connectivity index (χ2v) is 3.36. The van der Waals surface area contributed by atoms with Gasteiger partial charge in [-0.2, -0.15) is 0 Å². The Labute approximate surface area is 75.5 Å². The summed E-state index contributed by atoms with van der Waals surface area (Å²) in [7, 11) is 0. The highest BCUT2D eigenvalue weighted by Crippen LogP contribution is 2.13. The fourth-order valence-corrected chi connectivity index (χ4v) is 1.37. The van der Waals surface area contributed by atoms with Crippen LogP contribution in [-0.2, 0) is 4.79 Å². The smallest absolute Gasteiger partial charge is 0.220 e. The summed E-state index contributed by atoms with van der Waals surface area (Å²) < 4.78 is 0. The predicted octanol–water partition coefficient (Wildman–Crippen LogP) is 2.47. The van der Waals surface area contributed by atoms with E-state index < -0.39 is 0 Å². The molecule has 0 saturated carbocycles. The van der Waals surface area contributed by atoms with Crippen LogP contribution in [0.4, 0.5) is 0 Å². The van der Waals surface area contributed by atoms with Gasteiger partial charge in [-0.3, -0.25) is 4.79 Å². The molecule has 0 bridgehead atoms. The van der Waals surface area contributed by atoms with Crippen LogP contribution in [0.1, 0.15) is 52.4 Å². The second-order valence-electron chi connectivity index (χ2n) is 3.36. The minimum atomic E-state index is -0.131. The number of nitrogens with two attached hydrogens (primary N) is 1. The number of hydrogen-bond acceptors (Lipinski definition) is 1. The van der Waals surface area contributed by atoms with Gasteiger partial charge in [-0.25, -0.2) is 0 Å². The van der Waals surface area contributed by atoms with E-state index in [0.717, 1.165) is 19.3 Å². The molecule has 2 heteroatoms. The van der Waals surface area contributed by atoms with Crippen molar-refractivity contribution in [3.63, 3.8) is 0 Å². The highest BCUT2D eigenvalue weighted by molar-refractivity contribution is 5.76. The van der Waals surface area contributed by atoms with Gasteiger partial charge in [-0.05, 0) is 12.8 Å². The molecule has 0 rings (SSSR count). The molecule has 0 aliphatic heterocycles. The molecule has 0 fully saturated rings. The van der Waals surface area contributed by atoms with E-state index in [1.807, 2.05) is 6.92 Å². The summed E-state index contributed by atoms with van der Waals surface area (Å²) in [6.45, 7) is 4.21. The van der Waals surface area contributed by atoms with E-state index in [-0.39, 0.29) is 11.8 Å². The number of primary amides is 1. The molecule has 0 aromatic carbocycles. The van der Waals surface area contributed by atoms with Crippen LogP contribution in [0.5, 0.6) is 0 Å². The van der Waals surface area contributed by atoms with Crippen molar-refractivity contribution in [2.45, 2.75) is 52.4 Å². The molecule has 0 heterocycles. The molecular formula is C10H21NO. The number of hydrogen-bond donors (Lipinski definition) is 1. The van der Waals surface area contributed by atoms with Crippen molar-refractivity contribution >= 4 is 5.91 Å². The van der Waals surface area contributed by atoms with Crippen LogP contribution in [0, 0.1) is 5.92 Å². The summed E-state index contributed by atoms with van der Waals surface area (Å²) in [5.41, 5.74) is 5.22. The van der Waals surface area contributed by atoms with Crippen molar-refractivity contribution in [2.24, 2.45) is 11.7 Å². The lowest BCUT2D eigenvalue weighted by molar-refractivity contribution is -0.122. The maximum absolute atomic E-state index is 10.8. The third-order valence-electron chi connectivity index (χ3n) is 2.30. The Morgan fingerprint density at radius 1 is 1.25 bits per heavy atom. The van der Waals surface area contributed by atoms with Crippen LogP contribution >= 0.6 is 0 Å². The van der Waals surface area contributed by atoms with Crippen molar-refractivity contribution in [3.05, 3.63) is 0 Å². The molecule has 0 radical (unpaired) electrons. The Hall–Kier alpha value is -0.530. The molecule has 0 aliphatic rings. The standard InChI is InChI=1S/C10H21NO/c1-3-5-6-7-8-9(4-2)10(11)12/h9H,3-8H2,1-2H3,(H2,11,12)/t9-/m1/s1. The van der Waals surface area contributed by atoms with Crippen LogP contribution in [-0.4, -0.2) is 5.91 Å². The monoisotopic (exact) mass is 171 g/mol. The van der Waals surface area contributed by atoms with Gasteiger partial charge in [0.25, 0.3) is 0 Å². The summed E-state index contributed by atoms with van der Waals surface area (Å²) >= 11 is 0. The van der Waals surface area contributed by atoms with Gasteiger partial charge in [0, 0.05) is 5.92 Å². The normalized spacial score (nSPS) is 12.8. The zero-order valence-corrected chi connectivity index (χ0v) is 8.31. The molecule has 0 aromatic heterocycles. The minimum Gasteiger partial charge on any atom is -0.369 e. The van der Waals surface area contributed by atoms with E-state index in [1.165, 1.54) is 19.3 Å². The summed E-state index contributed by atoms with van der Waals surface area (Å²) in [6.07, 6.45) is 6.77. The van der Waals surface area contributed by atoms with E-state index in [1.54, 1.807) is 0 Å². The van der Waals surface area contributed by atoms with Crippen LogP contribution < -0.4 is 5.73 Å². The fraction of sp³-hybridized carbons (Fsp3) is 0.900. The van der Waals surface area contributed by atoms with Gasteiger partial charge in [0.05, 0.1) is 0 Å². The molecule has 2 nitrogen and oxygen atoms in total. The van der Waals surface area contributed by atoms with Crippen LogP contribution in [0.3, 0.4) is 0 Å². The first-order valence-corrected chi connectivity index (χ1v) is 5.01. The summed E-state index contributed by atoms with van der Waals surface area (Å²) in [5, 5.41) is 0. The first-order chi connectivity index (χ1) is 5.72. The third kappa shape index (κ3) is 5.16. The molecule has 0 unspecified atom stereocenters. The largest absolute Gasteiger partial charge is 0.369 e. The first kappa shape index (κ1) is 11.5. The molecule has 1 atom stereocenters. The van der Waals surface area contributed by atoms with Gasteiger partial charge in [0.2, 0.25) is 5.91 Å². The van der Waals surface area contributed by atoms with E-state index in [2.05, 4.69) is 6.92 Å². The predicted molar refractivity (Wildman–Crippen MR) is 51.7 cm³/mol. The number of carbonyl (C=O) groups is 1. The highest BCUT2D eigenvalue weighted by atomic mass is 16.1. The molecular weight excluding hydrogens is 150 g/mol. The molecule has 0 saturated heterocycles. The van der Waals surface area contributed by atoms with Gasteiger partial charge < -0.3 is 5.73 Å². The lowest BCUT2D eigenvalue weighted by Gasteiger charge is -2.09. The summed E-state index contributed by atoms with van der Waals surface area (Å²) in [5.74, 6) is -0.0177. The maximum atomic E-state index is 10.8.